The highest BCUT2D eigenvalue weighted by Crippen LogP contribution is 2.17. The highest BCUT2D eigenvalue weighted by Gasteiger charge is 2.31. The Labute approximate surface area is 184 Å². The van der Waals surface area contributed by atoms with E-state index >= 15 is 0 Å². The number of hydrogen-bond donors (Lipinski definition) is 1. The van der Waals surface area contributed by atoms with Crippen LogP contribution in [0.2, 0.25) is 0 Å². The first-order valence-electron chi connectivity index (χ1n) is 10.6. The second-order valence-corrected chi connectivity index (χ2v) is 7.85. The molecule has 0 fully saturated rings. The average Bonchev–Trinajstić information content (AvgIpc) is 2.81. The molecule has 5 heteroatoms. The number of rotatable bonds is 9. The van der Waals surface area contributed by atoms with Crippen molar-refractivity contribution in [3.63, 3.8) is 0 Å². The van der Waals surface area contributed by atoms with Crippen molar-refractivity contribution in [1.29, 1.82) is 0 Å². The Bertz CT molecular complexity index is 960. The Morgan fingerprint density at radius 3 is 2.06 bits per heavy atom. The van der Waals surface area contributed by atoms with Gasteiger partial charge in [-0.15, -0.1) is 0 Å². The zero-order valence-corrected chi connectivity index (χ0v) is 18.1. The van der Waals surface area contributed by atoms with Gasteiger partial charge in [0, 0.05) is 25.1 Å². The molecule has 0 bridgehead atoms. The summed E-state index contributed by atoms with van der Waals surface area (Å²) in [6.07, 6.45) is 2.15. The molecule has 160 valence electrons. The Hall–Kier alpha value is -3.47. The van der Waals surface area contributed by atoms with Crippen LogP contribution in [-0.2, 0) is 29.1 Å². The maximum atomic E-state index is 13.3. The predicted octanol–water partition coefficient (Wildman–Crippen LogP) is 3.99. The van der Waals surface area contributed by atoms with Crippen LogP contribution in [0.3, 0.4) is 0 Å². The van der Waals surface area contributed by atoms with Crippen LogP contribution >= 0.6 is 0 Å². The van der Waals surface area contributed by atoms with Gasteiger partial charge in [-0.2, -0.15) is 0 Å². The summed E-state index contributed by atoms with van der Waals surface area (Å²) in [6.45, 7) is 4.43. The zero-order valence-electron chi connectivity index (χ0n) is 18.1. The average molecular weight is 416 g/mol. The lowest BCUT2D eigenvalue weighted by Gasteiger charge is -2.32. The lowest BCUT2D eigenvalue weighted by atomic mass is 10.0. The molecule has 1 atom stereocenters. The van der Waals surface area contributed by atoms with Gasteiger partial charge in [0.1, 0.15) is 6.04 Å². The molecule has 0 aliphatic heterocycles. The number of carbonyl (C=O) groups is 2. The molecule has 1 heterocycles. The van der Waals surface area contributed by atoms with Crippen LogP contribution in [0, 0.1) is 5.92 Å². The van der Waals surface area contributed by atoms with Gasteiger partial charge in [-0.05, 0) is 23.3 Å². The van der Waals surface area contributed by atoms with Crippen LogP contribution in [-0.4, -0.2) is 27.7 Å². The number of aromatic nitrogens is 1. The van der Waals surface area contributed by atoms with Crippen molar-refractivity contribution < 1.29 is 9.59 Å². The fourth-order valence-electron chi connectivity index (χ4n) is 3.43. The molecule has 3 aromatic rings. The van der Waals surface area contributed by atoms with E-state index in [-0.39, 0.29) is 17.7 Å². The molecule has 0 aliphatic carbocycles. The van der Waals surface area contributed by atoms with Gasteiger partial charge in [0.05, 0.1) is 12.2 Å². The van der Waals surface area contributed by atoms with Crippen molar-refractivity contribution in [3.8, 4) is 0 Å². The minimum absolute atomic E-state index is 0.0437. The molecule has 2 aromatic carbocycles. The highest BCUT2D eigenvalue weighted by atomic mass is 16.2. The van der Waals surface area contributed by atoms with Crippen LogP contribution in [0.1, 0.15) is 30.7 Å². The van der Waals surface area contributed by atoms with Crippen molar-refractivity contribution in [2.24, 2.45) is 5.92 Å². The van der Waals surface area contributed by atoms with Gasteiger partial charge in [-0.1, -0.05) is 80.6 Å². The van der Waals surface area contributed by atoms with Crippen molar-refractivity contribution in [3.05, 3.63) is 102 Å². The summed E-state index contributed by atoms with van der Waals surface area (Å²) >= 11 is 0. The second kappa shape index (κ2) is 11.1. The molecule has 0 spiro atoms. The quantitative estimate of drug-likeness (QED) is 0.575. The summed E-state index contributed by atoms with van der Waals surface area (Å²) in [7, 11) is 0. The number of carbonyl (C=O) groups excluding carboxylic acids is 2. The molecule has 2 amide bonds. The standard InChI is InChI=1S/C26H29N3O2/c1-20(2)26(31)29(19-22-13-7-4-8-14-22)24(17-21-11-5-3-6-12-21)25(30)28-18-23-15-9-10-16-27-23/h3-16,20,24H,17-19H2,1-2H3,(H,28,30)/t24-/m0/s1. The Balaban J connectivity index is 1.88. The van der Waals surface area contributed by atoms with E-state index in [4.69, 9.17) is 0 Å². The maximum absolute atomic E-state index is 13.3. The summed E-state index contributed by atoms with van der Waals surface area (Å²) in [6, 6.07) is 24.6. The molecule has 1 aromatic heterocycles. The molecule has 5 nitrogen and oxygen atoms in total. The van der Waals surface area contributed by atoms with Crippen LogP contribution < -0.4 is 5.32 Å². The minimum atomic E-state index is -0.624. The molecular formula is C26H29N3O2. The summed E-state index contributed by atoms with van der Waals surface area (Å²) in [5, 5.41) is 2.98. The van der Waals surface area contributed by atoms with Gasteiger partial charge in [0.2, 0.25) is 11.8 Å². The molecule has 0 saturated carbocycles. The molecule has 0 saturated heterocycles. The number of amides is 2. The number of nitrogens with zero attached hydrogens (tertiary/aromatic N) is 2. The third-order valence-electron chi connectivity index (χ3n) is 5.09. The molecular weight excluding hydrogens is 386 g/mol. The third kappa shape index (κ3) is 6.51. The van der Waals surface area contributed by atoms with E-state index in [1.807, 2.05) is 92.7 Å². The fourth-order valence-corrected chi connectivity index (χ4v) is 3.43. The topological polar surface area (TPSA) is 62.3 Å². The Morgan fingerprint density at radius 1 is 0.871 bits per heavy atom. The monoisotopic (exact) mass is 415 g/mol. The zero-order chi connectivity index (χ0) is 22.1. The fraction of sp³-hybridized carbons (Fsp3) is 0.269. The van der Waals surface area contributed by atoms with Crippen molar-refractivity contribution >= 4 is 11.8 Å². The first-order valence-corrected chi connectivity index (χ1v) is 10.6. The molecule has 3 rings (SSSR count). The van der Waals surface area contributed by atoms with Gasteiger partial charge in [0.25, 0.3) is 0 Å². The van der Waals surface area contributed by atoms with E-state index < -0.39 is 6.04 Å². The highest BCUT2D eigenvalue weighted by molar-refractivity contribution is 5.88. The van der Waals surface area contributed by atoms with Crippen LogP contribution in [0.25, 0.3) is 0 Å². The van der Waals surface area contributed by atoms with Crippen molar-refractivity contribution in [2.75, 3.05) is 0 Å². The van der Waals surface area contributed by atoms with E-state index in [0.29, 0.717) is 19.5 Å². The lowest BCUT2D eigenvalue weighted by Crippen LogP contribution is -2.51. The number of hydrogen-bond acceptors (Lipinski definition) is 3. The molecule has 0 radical (unpaired) electrons. The van der Waals surface area contributed by atoms with E-state index in [1.54, 1.807) is 11.1 Å². The largest absolute Gasteiger partial charge is 0.349 e. The lowest BCUT2D eigenvalue weighted by molar-refractivity contribution is -0.143. The normalized spacial score (nSPS) is 11.7. The molecule has 1 N–H and O–H groups in total. The van der Waals surface area contributed by atoms with E-state index in [0.717, 1.165) is 16.8 Å². The molecule has 0 unspecified atom stereocenters. The first-order chi connectivity index (χ1) is 15.0. The first kappa shape index (κ1) is 22.2. The Morgan fingerprint density at radius 2 is 1.48 bits per heavy atom. The SMILES string of the molecule is CC(C)C(=O)N(Cc1ccccc1)[C@@H](Cc1ccccc1)C(=O)NCc1ccccn1. The minimum Gasteiger partial charge on any atom is -0.349 e. The Kier molecular flexibility index (Phi) is 7.93. The second-order valence-electron chi connectivity index (χ2n) is 7.85. The number of benzene rings is 2. The van der Waals surface area contributed by atoms with Crippen LogP contribution in [0.15, 0.2) is 85.1 Å². The van der Waals surface area contributed by atoms with E-state index in [2.05, 4.69) is 10.3 Å². The summed E-state index contributed by atoms with van der Waals surface area (Å²) < 4.78 is 0. The van der Waals surface area contributed by atoms with Gasteiger partial charge in [-0.25, -0.2) is 0 Å². The van der Waals surface area contributed by atoms with Crippen molar-refractivity contribution in [1.82, 2.24) is 15.2 Å². The van der Waals surface area contributed by atoms with Gasteiger partial charge < -0.3 is 10.2 Å². The number of pyridine rings is 1. The van der Waals surface area contributed by atoms with Crippen molar-refractivity contribution in [2.45, 2.75) is 39.4 Å². The molecule has 0 aliphatic rings. The summed E-state index contributed by atoms with van der Waals surface area (Å²) in [4.78, 5) is 32.5. The van der Waals surface area contributed by atoms with Gasteiger partial charge >= 0.3 is 0 Å². The number of nitrogens with one attached hydrogen (secondary N) is 1. The van der Waals surface area contributed by atoms with Gasteiger partial charge in [-0.3, -0.25) is 14.6 Å². The molecule has 31 heavy (non-hydrogen) atoms. The smallest absolute Gasteiger partial charge is 0.243 e. The predicted molar refractivity (Wildman–Crippen MR) is 122 cm³/mol. The third-order valence-corrected chi connectivity index (χ3v) is 5.09. The van der Waals surface area contributed by atoms with E-state index in [1.165, 1.54) is 0 Å². The summed E-state index contributed by atoms with van der Waals surface area (Å²) in [5.74, 6) is -0.442. The van der Waals surface area contributed by atoms with Gasteiger partial charge in [0.15, 0.2) is 0 Å². The van der Waals surface area contributed by atoms with Crippen LogP contribution in [0.5, 0.6) is 0 Å². The maximum Gasteiger partial charge on any atom is 0.243 e. The van der Waals surface area contributed by atoms with Crippen LogP contribution in [0.4, 0.5) is 0 Å². The summed E-state index contributed by atoms with van der Waals surface area (Å²) in [5.41, 5.74) is 2.78. The van der Waals surface area contributed by atoms with E-state index in [9.17, 15) is 9.59 Å².